The van der Waals surface area contributed by atoms with Crippen molar-refractivity contribution in [2.24, 2.45) is 0 Å². The van der Waals surface area contributed by atoms with Crippen LogP contribution in [-0.4, -0.2) is 24.9 Å². The van der Waals surface area contributed by atoms with E-state index in [9.17, 15) is 4.39 Å². The summed E-state index contributed by atoms with van der Waals surface area (Å²) in [6.07, 6.45) is 0. The first-order valence-corrected chi connectivity index (χ1v) is 5.94. The molecule has 0 aromatic heterocycles. The lowest BCUT2D eigenvalue weighted by molar-refractivity contribution is 0.155. The molecule has 1 rings (SSSR count). The van der Waals surface area contributed by atoms with Crippen LogP contribution >= 0.6 is 0 Å². The van der Waals surface area contributed by atoms with Crippen molar-refractivity contribution in [3.05, 3.63) is 41.7 Å². The van der Waals surface area contributed by atoms with Crippen LogP contribution in [0.25, 0.3) is 0 Å². The largest absolute Gasteiger partial charge is 0.508 e. The highest BCUT2D eigenvalue weighted by Crippen LogP contribution is 2.20. The van der Waals surface area contributed by atoms with Gasteiger partial charge in [0.2, 0.25) is 0 Å². The molecule has 0 saturated carbocycles. The Bertz CT molecular complexity index is 407. The number of phenols is 1. The van der Waals surface area contributed by atoms with E-state index in [4.69, 9.17) is 9.84 Å². The summed E-state index contributed by atoms with van der Waals surface area (Å²) in [5.74, 6) is -0.467. The number of aromatic hydroxyl groups is 1. The summed E-state index contributed by atoms with van der Waals surface area (Å²) in [6, 6.07) is 4.05. The smallest absolute Gasteiger partial charge is 0.131 e. The van der Waals surface area contributed by atoms with Crippen LogP contribution in [0.1, 0.15) is 25.5 Å². The first kappa shape index (κ1) is 14.7. The Balaban J connectivity index is 2.36. The average molecular weight is 253 g/mol. The van der Waals surface area contributed by atoms with E-state index >= 15 is 0 Å². The molecule has 1 aromatic carbocycles. The topological polar surface area (TPSA) is 41.5 Å². The third-order valence-electron chi connectivity index (χ3n) is 2.50. The second kappa shape index (κ2) is 7.13. The molecular formula is C14H20FNO2. The number of ether oxygens (including phenoxy) is 1. The van der Waals surface area contributed by atoms with Gasteiger partial charge in [-0.15, -0.1) is 0 Å². The van der Waals surface area contributed by atoms with Gasteiger partial charge in [0.05, 0.1) is 13.2 Å². The predicted octanol–water partition coefficient (Wildman–Crippen LogP) is 2.77. The lowest BCUT2D eigenvalue weighted by Crippen LogP contribution is -2.24. The van der Waals surface area contributed by atoms with Gasteiger partial charge in [-0.2, -0.15) is 0 Å². The van der Waals surface area contributed by atoms with Crippen LogP contribution in [-0.2, 0) is 4.74 Å². The highest BCUT2D eigenvalue weighted by Gasteiger charge is 2.10. The van der Waals surface area contributed by atoms with Crippen molar-refractivity contribution in [1.29, 1.82) is 0 Å². The van der Waals surface area contributed by atoms with Gasteiger partial charge in [0, 0.05) is 24.2 Å². The molecule has 0 heterocycles. The molecular weight excluding hydrogens is 233 g/mol. The number of hydrogen-bond acceptors (Lipinski definition) is 3. The van der Waals surface area contributed by atoms with Gasteiger partial charge in [-0.25, -0.2) is 4.39 Å². The van der Waals surface area contributed by atoms with E-state index in [2.05, 4.69) is 11.9 Å². The van der Waals surface area contributed by atoms with Gasteiger partial charge < -0.3 is 15.2 Å². The molecule has 0 aliphatic heterocycles. The molecule has 100 valence electrons. The monoisotopic (exact) mass is 253 g/mol. The van der Waals surface area contributed by atoms with Crippen molar-refractivity contribution in [2.75, 3.05) is 19.8 Å². The summed E-state index contributed by atoms with van der Waals surface area (Å²) in [7, 11) is 0. The first-order valence-electron chi connectivity index (χ1n) is 5.94. The van der Waals surface area contributed by atoms with Gasteiger partial charge in [0.15, 0.2) is 0 Å². The molecule has 1 atom stereocenters. The number of rotatable bonds is 7. The minimum atomic E-state index is -0.405. The Morgan fingerprint density at radius 2 is 2.28 bits per heavy atom. The van der Waals surface area contributed by atoms with Crippen LogP contribution in [0.15, 0.2) is 30.4 Å². The number of nitrogens with one attached hydrogen (secondary N) is 1. The molecule has 0 amide bonds. The Kier molecular flexibility index (Phi) is 5.82. The van der Waals surface area contributed by atoms with E-state index in [0.29, 0.717) is 25.3 Å². The lowest BCUT2D eigenvalue weighted by Gasteiger charge is -2.15. The normalized spacial score (nSPS) is 12.4. The molecule has 1 unspecified atom stereocenters. The van der Waals surface area contributed by atoms with E-state index in [0.717, 1.165) is 11.6 Å². The minimum absolute atomic E-state index is 0.0618. The van der Waals surface area contributed by atoms with Crippen molar-refractivity contribution in [1.82, 2.24) is 5.32 Å². The maximum Gasteiger partial charge on any atom is 0.131 e. The van der Waals surface area contributed by atoms with Crippen LogP contribution < -0.4 is 5.32 Å². The van der Waals surface area contributed by atoms with Gasteiger partial charge in [-0.1, -0.05) is 18.2 Å². The maximum atomic E-state index is 13.5. The average Bonchev–Trinajstić information content (AvgIpc) is 2.27. The Morgan fingerprint density at radius 1 is 1.56 bits per heavy atom. The second-order valence-electron chi connectivity index (χ2n) is 4.39. The second-order valence-corrected chi connectivity index (χ2v) is 4.39. The number of benzene rings is 1. The number of phenolic OH excluding ortho intramolecular Hbond substituents is 1. The minimum Gasteiger partial charge on any atom is -0.508 e. The molecule has 0 fully saturated rings. The molecule has 1 aromatic rings. The van der Waals surface area contributed by atoms with Gasteiger partial charge in [-0.05, 0) is 19.9 Å². The van der Waals surface area contributed by atoms with E-state index in [-0.39, 0.29) is 11.8 Å². The molecule has 0 bridgehead atoms. The standard InChI is InChI=1S/C14H20FNO2/c1-10(2)9-18-7-6-16-11(3)13-5-4-12(17)8-14(13)15/h4-5,8,11,16-17H,1,6-7,9H2,2-3H3. The van der Waals surface area contributed by atoms with E-state index in [1.54, 1.807) is 6.07 Å². The fraction of sp³-hybridized carbons (Fsp3) is 0.429. The molecule has 3 nitrogen and oxygen atoms in total. The summed E-state index contributed by atoms with van der Waals surface area (Å²) in [4.78, 5) is 0. The summed E-state index contributed by atoms with van der Waals surface area (Å²) in [5, 5.41) is 12.3. The number of hydrogen-bond donors (Lipinski definition) is 2. The molecule has 4 heteroatoms. The molecule has 0 spiro atoms. The van der Waals surface area contributed by atoms with Crippen molar-refractivity contribution in [3.8, 4) is 5.75 Å². The van der Waals surface area contributed by atoms with Gasteiger partial charge >= 0.3 is 0 Å². The third kappa shape index (κ3) is 4.85. The van der Waals surface area contributed by atoms with Crippen LogP contribution in [0.2, 0.25) is 0 Å². The first-order chi connectivity index (χ1) is 8.50. The van der Waals surface area contributed by atoms with E-state index < -0.39 is 5.82 Å². The molecule has 2 N–H and O–H groups in total. The molecule has 0 aliphatic rings. The SMILES string of the molecule is C=C(C)COCCNC(C)c1ccc(O)cc1F. The Morgan fingerprint density at radius 3 is 2.89 bits per heavy atom. The quantitative estimate of drug-likeness (QED) is 0.580. The van der Waals surface area contributed by atoms with Crippen molar-refractivity contribution >= 4 is 0 Å². The highest BCUT2D eigenvalue weighted by atomic mass is 19.1. The predicted molar refractivity (Wildman–Crippen MR) is 70.1 cm³/mol. The van der Waals surface area contributed by atoms with E-state index in [1.807, 2.05) is 13.8 Å². The summed E-state index contributed by atoms with van der Waals surface area (Å²) in [6.45, 7) is 9.24. The fourth-order valence-electron chi connectivity index (χ4n) is 1.57. The molecule has 0 radical (unpaired) electrons. The zero-order valence-corrected chi connectivity index (χ0v) is 10.9. The van der Waals surface area contributed by atoms with Crippen LogP contribution in [0.3, 0.4) is 0 Å². The van der Waals surface area contributed by atoms with Gasteiger partial charge in [-0.3, -0.25) is 0 Å². The fourth-order valence-corrected chi connectivity index (χ4v) is 1.57. The summed E-state index contributed by atoms with van der Waals surface area (Å²) >= 11 is 0. The summed E-state index contributed by atoms with van der Waals surface area (Å²) in [5.41, 5.74) is 1.51. The molecule has 0 aliphatic carbocycles. The van der Waals surface area contributed by atoms with Crippen molar-refractivity contribution in [2.45, 2.75) is 19.9 Å². The highest BCUT2D eigenvalue weighted by molar-refractivity contribution is 5.29. The van der Waals surface area contributed by atoms with Crippen LogP contribution in [0.5, 0.6) is 5.75 Å². The Hall–Kier alpha value is -1.39. The lowest BCUT2D eigenvalue weighted by atomic mass is 10.1. The van der Waals surface area contributed by atoms with E-state index in [1.165, 1.54) is 6.07 Å². The summed E-state index contributed by atoms with van der Waals surface area (Å²) < 4.78 is 18.9. The third-order valence-corrected chi connectivity index (χ3v) is 2.50. The van der Waals surface area contributed by atoms with Crippen molar-refractivity contribution < 1.29 is 14.2 Å². The Labute approximate surface area is 107 Å². The van der Waals surface area contributed by atoms with Gasteiger partial charge in [0.1, 0.15) is 11.6 Å². The van der Waals surface area contributed by atoms with Crippen LogP contribution in [0, 0.1) is 5.82 Å². The maximum absolute atomic E-state index is 13.5. The van der Waals surface area contributed by atoms with Crippen LogP contribution in [0.4, 0.5) is 4.39 Å². The zero-order chi connectivity index (χ0) is 13.5. The number of halogens is 1. The zero-order valence-electron chi connectivity index (χ0n) is 10.9. The van der Waals surface area contributed by atoms with Crippen molar-refractivity contribution in [3.63, 3.8) is 0 Å². The van der Waals surface area contributed by atoms with Gasteiger partial charge in [0.25, 0.3) is 0 Å². The molecule has 0 saturated heterocycles. The molecule has 18 heavy (non-hydrogen) atoms.